The van der Waals surface area contributed by atoms with Gasteiger partial charge in [0.2, 0.25) is 0 Å². The summed E-state index contributed by atoms with van der Waals surface area (Å²) in [7, 11) is -3.19. The molecule has 0 amide bonds. The van der Waals surface area contributed by atoms with Crippen molar-refractivity contribution in [2.24, 2.45) is 0 Å². The zero-order chi connectivity index (χ0) is 14.2. The summed E-state index contributed by atoms with van der Waals surface area (Å²) < 4.78 is 25.4. The number of aryl methyl sites for hydroxylation is 2. The molecule has 0 N–H and O–H groups in total. The van der Waals surface area contributed by atoms with Crippen LogP contribution >= 0.6 is 11.3 Å². The number of aromatic nitrogens is 1. The van der Waals surface area contributed by atoms with Crippen LogP contribution in [0.15, 0.2) is 29.6 Å². The van der Waals surface area contributed by atoms with Crippen molar-refractivity contribution in [3.05, 3.63) is 51.5 Å². The molecule has 0 aliphatic heterocycles. The Morgan fingerprint density at radius 2 is 2.15 bits per heavy atom. The molecule has 3 nitrogen and oxygen atoms in total. The molecule has 2 aromatic rings. The topological polar surface area (TPSA) is 47.0 Å². The first-order chi connectivity index (χ1) is 9.56. The van der Waals surface area contributed by atoms with Gasteiger partial charge < -0.3 is 0 Å². The molecule has 0 bridgehead atoms. The Hall–Kier alpha value is -1.20. The van der Waals surface area contributed by atoms with E-state index >= 15 is 0 Å². The highest BCUT2D eigenvalue weighted by molar-refractivity contribution is 7.90. The predicted molar refractivity (Wildman–Crippen MR) is 81.6 cm³/mol. The maximum absolute atomic E-state index is 12.7. The van der Waals surface area contributed by atoms with Crippen molar-refractivity contribution in [3.8, 4) is 0 Å². The lowest BCUT2D eigenvalue weighted by Gasteiger charge is -2.25. The summed E-state index contributed by atoms with van der Waals surface area (Å²) in [4.78, 5) is 4.29. The molecule has 5 heteroatoms. The fourth-order valence-corrected chi connectivity index (χ4v) is 5.49. The molecule has 106 valence electrons. The van der Waals surface area contributed by atoms with Crippen LogP contribution < -0.4 is 0 Å². The molecule has 1 atom stereocenters. The van der Waals surface area contributed by atoms with Crippen molar-refractivity contribution in [1.29, 1.82) is 0 Å². The molecule has 1 heterocycles. The lowest BCUT2D eigenvalue weighted by atomic mass is 9.91. The molecule has 1 aliphatic carbocycles. The summed E-state index contributed by atoms with van der Waals surface area (Å²) >= 11 is 1.50. The SMILES string of the molecule is Cc1nc(CS(=O)(=O)[C@H]2CCCc3ccccc32)cs1. The first-order valence-electron chi connectivity index (χ1n) is 6.76. The maximum Gasteiger partial charge on any atom is 0.163 e. The van der Waals surface area contributed by atoms with Crippen LogP contribution in [0, 0.1) is 6.92 Å². The van der Waals surface area contributed by atoms with Gasteiger partial charge in [0.25, 0.3) is 0 Å². The first-order valence-corrected chi connectivity index (χ1v) is 9.36. The minimum atomic E-state index is -3.19. The number of benzene rings is 1. The van der Waals surface area contributed by atoms with Crippen LogP contribution in [0.5, 0.6) is 0 Å². The minimum Gasteiger partial charge on any atom is -0.246 e. The zero-order valence-electron chi connectivity index (χ0n) is 11.4. The highest BCUT2D eigenvalue weighted by Crippen LogP contribution is 2.37. The van der Waals surface area contributed by atoms with Gasteiger partial charge in [-0.25, -0.2) is 13.4 Å². The summed E-state index contributed by atoms with van der Waals surface area (Å²) in [5, 5.41) is 2.40. The molecular formula is C15H17NO2S2. The number of nitrogens with zero attached hydrogens (tertiary/aromatic N) is 1. The van der Waals surface area contributed by atoms with Crippen molar-refractivity contribution in [2.45, 2.75) is 37.2 Å². The molecule has 0 fully saturated rings. The second kappa shape index (κ2) is 5.30. The van der Waals surface area contributed by atoms with Crippen molar-refractivity contribution in [2.75, 3.05) is 0 Å². The van der Waals surface area contributed by atoms with E-state index in [1.54, 1.807) is 0 Å². The Balaban J connectivity index is 1.92. The van der Waals surface area contributed by atoms with Gasteiger partial charge in [-0.2, -0.15) is 0 Å². The van der Waals surface area contributed by atoms with Gasteiger partial charge in [0.05, 0.1) is 21.7 Å². The Bertz CT molecular complexity index is 719. The summed E-state index contributed by atoms with van der Waals surface area (Å²) in [6.45, 7) is 1.90. The van der Waals surface area contributed by atoms with Crippen LogP contribution in [0.4, 0.5) is 0 Å². The van der Waals surface area contributed by atoms with Gasteiger partial charge >= 0.3 is 0 Å². The molecule has 0 saturated heterocycles. The van der Waals surface area contributed by atoms with E-state index in [1.807, 2.05) is 36.6 Å². The van der Waals surface area contributed by atoms with Gasteiger partial charge in [0, 0.05) is 5.38 Å². The summed E-state index contributed by atoms with van der Waals surface area (Å²) in [5.74, 6) is 0.0519. The zero-order valence-corrected chi connectivity index (χ0v) is 13.0. The van der Waals surface area contributed by atoms with Crippen LogP contribution in [0.2, 0.25) is 0 Å². The van der Waals surface area contributed by atoms with Crippen molar-refractivity contribution < 1.29 is 8.42 Å². The molecule has 0 saturated carbocycles. The van der Waals surface area contributed by atoms with Crippen molar-refractivity contribution in [1.82, 2.24) is 4.98 Å². The smallest absolute Gasteiger partial charge is 0.163 e. The molecule has 1 aromatic carbocycles. The monoisotopic (exact) mass is 307 g/mol. The van der Waals surface area contributed by atoms with E-state index < -0.39 is 9.84 Å². The molecule has 0 unspecified atom stereocenters. The summed E-state index contributed by atoms with van der Waals surface area (Å²) in [5.41, 5.74) is 2.85. The van der Waals surface area contributed by atoms with E-state index in [2.05, 4.69) is 4.98 Å². The average molecular weight is 307 g/mol. The number of sulfone groups is 1. The van der Waals surface area contributed by atoms with Crippen LogP contribution in [0.25, 0.3) is 0 Å². The third kappa shape index (κ3) is 2.65. The van der Waals surface area contributed by atoms with E-state index in [9.17, 15) is 8.42 Å². The van der Waals surface area contributed by atoms with Crippen LogP contribution in [0.1, 0.15) is 39.9 Å². The fourth-order valence-electron chi connectivity index (χ4n) is 2.86. The largest absolute Gasteiger partial charge is 0.246 e. The lowest BCUT2D eigenvalue weighted by Crippen LogP contribution is -2.20. The third-order valence-corrected chi connectivity index (χ3v) is 6.64. The summed E-state index contributed by atoms with van der Waals surface area (Å²) in [6.07, 6.45) is 2.65. The van der Waals surface area contributed by atoms with Crippen LogP contribution in [-0.4, -0.2) is 13.4 Å². The first kappa shape index (κ1) is 13.8. The van der Waals surface area contributed by atoms with Crippen molar-refractivity contribution >= 4 is 21.2 Å². The molecule has 1 aromatic heterocycles. The number of thiazole rings is 1. The molecular weight excluding hydrogens is 290 g/mol. The standard InChI is InChI=1S/C15H17NO2S2/c1-11-16-13(9-19-11)10-20(17,18)15-8-4-6-12-5-2-3-7-14(12)15/h2-3,5,7,9,15H,4,6,8,10H2,1H3/t15-/m0/s1. The van der Waals surface area contributed by atoms with E-state index in [0.29, 0.717) is 5.69 Å². The molecule has 0 radical (unpaired) electrons. The molecule has 3 rings (SSSR count). The number of fused-ring (bicyclic) bond motifs is 1. The van der Waals surface area contributed by atoms with Gasteiger partial charge in [-0.3, -0.25) is 0 Å². The molecule has 1 aliphatic rings. The lowest BCUT2D eigenvalue weighted by molar-refractivity contribution is 0.559. The van der Waals surface area contributed by atoms with Gasteiger partial charge in [-0.15, -0.1) is 11.3 Å². The Morgan fingerprint density at radius 1 is 1.35 bits per heavy atom. The van der Waals surface area contributed by atoms with Gasteiger partial charge in [0.1, 0.15) is 0 Å². The predicted octanol–water partition coefficient (Wildman–Crippen LogP) is 3.44. The van der Waals surface area contributed by atoms with Gasteiger partial charge in [0.15, 0.2) is 9.84 Å². The normalized spacial score (nSPS) is 18.8. The number of hydrogen-bond acceptors (Lipinski definition) is 4. The van der Waals surface area contributed by atoms with E-state index in [4.69, 9.17) is 0 Å². The van der Waals surface area contributed by atoms with E-state index in [1.165, 1.54) is 16.9 Å². The van der Waals surface area contributed by atoms with E-state index in [-0.39, 0.29) is 11.0 Å². The Labute approximate surface area is 123 Å². The Morgan fingerprint density at radius 3 is 2.90 bits per heavy atom. The maximum atomic E-state index is 12.7. The quantitative estimate of drug-likeness (QED) is 0.872. The number of rotatable bonds is 3. The average Bonchev–Trinajstić information content (AvgIpc) is 2.82. The van der Waals surface area contributed by atoms with Gasteiger partial charge in [-0.05, 0) is 37.3 Å². The second-order valence-corrected chi connectivity index (χ2v) is 8.49. The third-order valence-electron chi connectivity index (χ3n) is 3.76. The summed E-state index contributed by atoms with van der Waals surface area (Å²) in [6, 6.07) is 7.92. The minimum absolute atomic E-state index is 0.0519. The highest BCUT2D eigenvalue weighted by atomic mass is 32.2. The Kier molecular flexibility index (Phi) is 3.65. The molecule has 0 spiro atoms. The molecule has 20 heavy (non-hydrogen) atoms. The second-order valence-electron chi connectivity index (χ2n) is 5.24. The van der Waals surface area contributed by atoms with Gasteiger partial charge in [-0.1, -0.05) is 24.3 Å². The number of hydrogen-bond donors (Lipinski definition) is 0. The van der Waals surface area contributed by atoms with Crippen LogP contribution in [-0.2, 0) is 22.0 Å². The van der Waals surface area contributed by atoms with Crippen molar-refractivity contribution in [3.63, 3.8) is 0 Å². The van der Waals surface area contributed by atoms with Crippen LogP contribution in [0.3, 0.4) is 0 Å². The van der Waals surface area contributed by atoms with E-state index in [0.717, 1.165) is 29.8 Å². The highest BCUT2D eigenvalue weighted by Gasteiger charge is 2.31. The fraction of sp³-hybridized carbons (Fsp3) is 0.400.